The van der Waals surface area contributed by atoms with Gasteiger partial charge in [0.1, 0.15) is 0 Å². The van der Waals surface area contributed by atoms with Gasteiger partial charge in [-0.15, -0.1) is 0 Å². The molecule has 3 nitrogen and oxygen atoms in total. The van der Waals surface area contributed by atoms with Crippen molar-refractivity contribution in [2.75, 3.05) is 13.7 Å². The van der Waals surface area contributed by atoms with Gasteiger partial charge in [-0.2, -0.15) is 0 Å². The Morgan fingerprint density at radius 2 is 2.07 bits per heavy atom. The Labute approximate surface area is 86.5 Å². The second-order valence-corrected chi connectivity index (χ2v) is 3.52. The summed E-state index contributed by atoms with van der Waals surface area (Å²) in [4.78, 5) is 10.7. The van der Waals surface area contributed by atoms with Crippen LogP contribution in [0.1, 0.15) is 39.5 Å². The molecule has 0 aliphatic heterocycles. The lowest BCUT2D eigenvalue weighted by Gasteiger charge is -2.25. The molecule has 0 bridgehead atoms. The number of aliphatic carboxylic acids is 1. The molecule has 2 unspecified atom stereocenters. The van der Waals surface area contributed by atoms with E-state index in [9.17, 15) is 4.79 Å². The van der Waals surface area contributed by atoms with Crippen LogP contribution in [-0.4, -0.2) is 24.8 Å². The van der Waals surface area contributed by atoms with Gasteiger partial charge in [-0.25, -0.2) is 0 Å². The number of rotatable bonds is 3. The lowest BCUT2D eigenvalue weighted by molar-refractivity contribution is -0.143. The highest BCUT2D eigenvalue weighted by Gasteiger charge is 2.26. The summed E-state index contributed by atoms with van der Waals surface area (Å²) in [5.41, 5.74) is 0. The van der Waals surface area contributed by atoms with Crippen LogP contribution < -0.4 is 0 Å². The minimum atomic E-state index is -0.643. The molecule has 0 saturated heterocycles. The third-order valence-corrected chi connectivity index (χ3v) is 2.53. The van der Waals surface area contributed by atoms with E-state index in [1.807, 2.05) is 13.8 Å². The smallest absolute Gasteiger partial charge is 0.306 e. The largest absolute Gasteiger partial charge is 0.481 e. The van der Waals surface area contributed by atoms with Crippen molar-refractivity contribution in [2.24, 2.45) is 11.8 Å². The van der Waals surface area contributed by atoms with Crippen LogP contribution in [0.15, 0.2) is 0 Å². The zero-order valence-corrected chi connectivity index (χ0v) is 9.45. The van der Waals surface area contributed by atoms with Crippen molar-refractivity contribution in [3.63, 3.8) is 0 Å². The van der Waals surface area contributed by atoms with Crippen LogP contribution in [0.5, 0.6) is 0 Å². The molecule has 0 radical (unpaired) electrons. The first-order valence-corrected chi connectivity index (χ1v) is 5.45. The van der Waals surface area contributed by atoms with Crippen LogP contribution in [-0.2, 0) is 9.53 Å². The molecular weight excluding hydrogens is 180 g/mol. The maximum absolute atomic E-state index is 10.7. The first-order chi connectivity index (χ1) is 6.74. The van der Waals surface area contributed by atoms with Crippen LogP contribution >= 0.6 is 0 Å². The van der Waals surface area contributed by atoms with Gasteiger partial charge in [-0.05, 0) is 25.2 Å². The molecule has 1 aliphatic carbocycles. The van der Waals surface area contributed by atoms with Gasteiger partial charge in [0.05, 0.1) is 5.92 Å². The van der Waals surface area contributed by atoms with E-state index in [1.165, 1.54) is 0 Å². The number of ether oxygens (including phenoxy) is 1. The molecule has 3 heteroatoms. The molecule has 1 rings (SSSR count). The summed E-state index contributed by atoms with van der Waals surface area (Å²) in [7, 11) is 1.67. The summed E-state index contributed by atoms with van der Waals surface area (Å²) in [5, 5.41) is 8.78. The normalized spacial score (nSPS) is 26.2. The van der Waals surface area contributed by atoms with Crippen molar-refractivity contribution in [3.8, 4) is 0 Å². The molecule has 0 heterocycles. The molecule has 84 valence electrons. The first kappa shape index (κ1) is 13.4. The highest BCUT2D eigenvalue weighted by molar-refractivity contribution is 5.70. The van der Waals surface area contributed by atoms with Crippen LogP contribution in [0.4, 0.5) is 0 Å². The molecular formula is C11H22O3. The van der Waals surface area contributed by atoms with Crippen molar-refractivity contribution in [1.29, 1.82) is 0 Å². The second kappa shape index (κ2) is 7.80. The van der Waals surface area contributed by atoms with Crippen LogP contribution in [0.25, 0.3) is 0 Å². The predicted molar refractivity (Wildman–Crippen MR) is 56.3 cm³/mol. The number of hydrogen-bond donors (Lipinski definition) is 1. The SMILES string of the molecule is CC.COCC1CCCC(C(=O)O)C1. The van der Waals surface area contributed by atoms with Gasteiger partial charge in [-0.1, -0.05) is 20.3 Å². The van der Waals surface area contributed by atoms with Crippen LogP contribution in [0.3, 0.4) is 0 Å². The van der Waals surface area contributed by atoms with E-state index in [0.717, 1.165) is 25.7 Å². The molecule has 2 atom stereocenters. The fraction of sp³-hybridized carbons (Fsp3) is 0.909. The Hall–Kier alpha value is -0.570. The molecule has 0 spiro atoms. The van der Waals surface area contributed by atoms with E-state index >= 15 is 0 Å². The molecule has 1 aliphatic rings. The zero-order chi connectivity index (χ0) is 11.0. The van der Waals surface area contributed by atoms with Gasteiger partial charge in [0.2, 0.25) is 0 Å². The van der Waals surface area contributed by atoms with Crippen molar-refractivity contribution >= 4 is 5.97 Å². The molecule has 1 N–H and O–H groups in total. The zero-order valence-electron chi connectivity index (χ0n) is 9.45. The summed E-state index contributed by atoms with van der Waals surface area (Å²) < 4.78 is 5.02. The van der Waals surface area contributed by atoms with Gasteiger partial charge in [0, 0.05) is 13.7 Å². The lowest BCUT2D eigenvalue weighted by Crippen LogP contribution is -2.24. The molecule has 14 heavy (non-hydrogen) atoms. The molecule has 0 aromatic heterocycles. The molecule has 0 amide bonds. The molecule has 0 aromatic carbocycles. The fourth-order valence-corrected chi connectivity index (χ4v) is 1.90. The fourth-order valence-electron chi connectivity index (χ4n) is 1.90. The van der Waals surface area contributed by atoms with Crippen molar-refractivity contribution in [2.45, 2.75) is 39.5 Å². The second-order valence-electron chi connectivity index (χ2n) is 3.52. The Kier molecular flexibility index (Phi) is 7.48. The van der Waals surface area contributed by atoms with Gasteiger partial charge in [0.25, 0.3) is 0 Å². The van der Waals surface area contributed by atoms with Gasteiger partial charge in [0.15, 0.2) is 0 Å². The summed E-state index contributed by atoms with van der Waals surface area (Å²) >= 11 is 0. The van der Waals surface area contributed by atoms with Gasteiger partial charge in [-0.3, -0.25) is 4.79 Å². The van der Waals surface area contributed by atoms with Crippen molar-refractivity contribution in [3.05, 3.63) is 0 Å². The highest BCUT2D eigenvalue weighted by atomic mass is 16.5. The maximum Gasteiger partial charge on any atom is 0.306 e. The highest BCUT2D eigenvalue weighted by Crippen LogP contribution is 2.29. The van der Waals surface area contributed by atoms with Gasteiger partial charge >= 0.3 is 5.97 Å². The van der Waals surface area contributed by atoms with E-state index in [1.54, 1.807) is 7.11 Å². The van der Waals surface area contributed by atoms with E-state index < -0.39 is 5.97 Å². The number of hydrogen-bond acceptors (Lipinski definition) is 2. The topological polar surface area (TPSA) is 46.5 Å². The average molecular weight is 202 g/mol. The Bertz CT molecular complexity index is 155. The minimum absolute atomic E-state index is 0.126. The predicted octanol–water partition coefficient (Wildman–Crippen LogP) is 2.55. The minimum Gasteiger partial charge on any atom is -0.481 e. The molecule has 1 saturated carbocycles. The summed E-state index contributed by atoms with van der Waals surface area (Å²) in [6.07, 6.45) is 3.79. The van der Waals surface area contributed by atoms with E-state index in [4.69, 9.17) is 9.84 Å². The number of methoxy groups -OCH3 is 1. The van der Waals surface area contributed by atoms with Gasteiger partial charge < -0.3 is 9.84 Å². The lowest BCUT2D eigenvalue weighted by atomic mass is 9.82. The molecule has 0 aromatic rings. The van der Waals surface area contributed by atoms with E-state index in [0.29, 0.717) is 12.5 Å². The van der Waals surface area contributed by atoms with Crippen molar-refractivity contribution in [1.82, 2.24) is 0 Å². The third-order valence-electron chi connectivity index (χ3n) is 2.53. The summed E-state index contributed by atoms with van der Waals surface area (Å²) in [6.45, 7) is 4.71. The number of carboxylic acid groups (broad SMARTS) is 1. The Morgan fingerprint density at radius 3 is 2.57 bits per heavy atom. The van der Waals surface area contributed by atoms with Crippen LogP contribution in [0, 0.1) is 11.8 Å². The summed E-state index contributed by atoms with van der Waals surface area (Å²) in [6, 6.07) is 0. The van der Waals surface area contributed by atoms with Crippen LogP contribution in [0.2, 0.25) is 0 Å². The average Bonchev–Trinajstić information content (AvgIpc) is 2.22. The monoisotopic (exact) mass is 202 g/mol. The van der Waals surface area contributed by atoms with Crippen molar-refractivity contribution < 1.29 is 14.6 Å². The quantitative estimate of drug-likeness (QED) is 0.765. The Morgan fingerprint density at radius 1 is 1.43 bits per heavy atom. The maximum atomic E-state index is 10.7. The molecule has 1 fully saturated rings. The first-order valence-electron chi connectivity index (χ1n) is 5.45. The Balaban J connectivity index is 0.000000791. The standard InChI is InChI=1S/C9H16O3.C2H6/c1-12-6-7-3-2-4-8(5-7)9(10)11;1-2/h7-8H,2-6H2,1H3,(H,10,11);1-2H3. The number of carboxylic acids is 1. The third kappa shape index (κ3) is 4.61. The summed E-state index contributed by atoms with van der Waals surface area (Å²) in [5.74, 6) is -0.306. The van der Waals surface area contributed by atoms with E-state index in [2.05, 4.69) is 0 Å². The number of carbonyl (C=O) groups is 1. The van der Waals surface area contributed by atoms with E-state index in [-0.39, 0.29) is 5.92 Å².